The number of hydrogen-bond acceptors (Lipinski definition) is 8. The number of aromatic nitrogens is 6. The third kappa shape index (κ3) is 4.13. The molecule has 164 valence electrons. The fourth-order valence-electron chi connectivity index (χ4n) is 3.17. The summed E-state index contributed by atoms with van der Waals surface area (Å²) >= 11 is 1.23. The first kappa shape index (κ1) is 20.6. The second kappa shape index (κ2) is 8.36. The van der Waals surface area contributed by atoms with Gasteiger partial charge in [-0.2, -0.15) is 9.61 Å². The van der Waals surface area contributed by atoms with E-state index in [2.05, 4.69) is 30.6 Å². The predicted molar refractivity (Wildman–Crippen MR) is 120 cm³/mol. The quantitative estimate of drug-likeness (QED) is 0.412. The molecule has 4 aromatic heterocycles. The molecule has 4 heterocycles. The van der Waals surface area contributed by atoms with E-state index in [4.69, 9.17) is 4.74 Å². The van der Waals surface area contributed by atoms with Gasteiger partial charge in [0.2, 0.25) is 5.65 Å². The second-order valence-corrected chi connectivity index (χ2v) is 8.10. The summed E-state index contributed by atoms with van der Waals surface area (Å²) in [6, 6.07) is 11.3. The summed E-state index contributed by atoms with van der Waals surface area (Å²) in [4.78, 5) is 21.9. The Labute approximate surface area is 190 Å². The van der Waals surface area contributed by atoms with Crippen LogP contribution in [0.4, 0.5) is 10.1 Å². The second-order valence-electron chi connectivity index (χ2n) is 7.10. The fourth-order valence-corrected chi connectivity index (χ4v) is 4.11. The highest BCUT2D eigenvalue weighted by Crippen LogP contribution is 2.30. The average Bonchev–Trinajstić information content (AvgIpc) is 3.43. The Hall–Kier alpha value is -4.25. The molecule has 0 atom stereocenters. The van der Waals surface area contributed by atoms with E-state index in [0.717, 1.165) is 0 Å². The highest BCUT2D eigenvalue weighted by atomic mass is 32.1. The number of aryl methyl sites for hydroxylation is 2. The van der Waals surface area contributed by atoms with Crippen molar-refractivity contribution < 1.29 is 13.9 Å². The summed E-state index contributed by atoms with van der Waals surface area (Å²) in [7, 11) is 0. The Morgan fingerprint density at radius 2 is 2.03 bits per heavy atom. The van der Waals surface area contributed by atoms with E-state index in [1.165, 1.54) is 34.3 Å². The number of rotatable bonds is 5. The van der Waals surface area contributed by atoms with Gasteiger partial charge in [0.25, 0.3) is 5.91 Å². The first-order valence-electron chi connectivity index (χ1n) is 9.83. The van der Waals surface area contributed by atoms with Crippen LogP contribution in [0.15, 0.2) is 55.0 Å². The highest BCUT2D eigenvalue weighted by molar-refractivity contribution is 7.17. The van der Waals surface area contributed by atoms with Crippen molar-refractivity contribution in [3.8, 4) is 22.2 Å². The van der Waals surface area contributed by atoms with Crippen LogP contribution in [0.1, 0.15) is 21.1 Å². The Bertz CT molecular complexity index is 1480. The standard InChI is InChI=1S/C22H16FN7O2S/c1-12-9-18(20-28-25-11-30(20)29-12)32-17-7-6-14(10-15(17)23)27-21(31)19-13(2)26-22(33-19)16-5-3-4-8-24-16/h3-11H,1-2H3,(H,27,31). The van der Waals surface area contributed by atoms with Crippen molar-refractivity contribution in [2.45, 2.75) is 13.8 Å². The smallest absolute Gasteiger partial charge is 0.267 e. The zero-order valence-electron chi connectivity index (χ0n) is 17.5. The number of fused-ring (bicyclic) bond motifs is 1. The van der Waals surface area contributed by atoms with Crippen LogP contribution in [-0.2, 0) is 0 Å². The summed E-state index contributed by atoms with van der Waals surface area (Å²) in [6.07, 6.45) is 3.10. The minimum Gasteiger partial charge on any atom is -0.450 e. The van der Waals surface area contributed by atoms with E-state index in [-0.39, 0.29) is 17.3 Å². The van der Waals surface area contributed by atoms with Crippen molar-refractivity contribution in [1.82, 2.24) is 29.8 Å². The Kier molecular flexibility index (Phi) is 5.23. The van der Waals surface area contributed by atoms with Crippen molar-refractivity contribution in [2.75, 3.05) is 5.32 Å². The van der Waals surface area contributed by atoms with Crippen LogP contribution in [-0.4, -0.2) is 35.7 Å². The molecule has 0 aliphatic rings. The van der Waals surface area contributed by atoms with Gasteiger partial charge in [0.05, 0.1) is 17.1 Å². The van der Waals surface area contributed by atoms with Gasteiger partial charge in [0, 0.05) is 24.0 Å². The summed E-state index contributed by atoms with van der Waals surface area (Å²) in [5.74, 6) is -0.724. The minimum atomic E-state index is -0.643. The molecule has 9 nitrogen and oxygen atoms in total. The maximum Gasteiger partial charge on any atom is 0.267 e. The Morgan fingerprint density at radius 3 is 2.82 bits per heavy atom. The molecule has 5 aromatic rings. The molecule has 0 aliphatic carbocycles. The predicted octanol–water partition coefficient (Wildman–Crippen LogP) is 4.44. The van der Waals surface area contributed by atoms with Gasteiger partial charge < -0.3 is 10.1 Å². The molecule has 0 unspecified atom stereocenters. The number of carbonyl (C=O) groups excluding carboxylic acids is 1. The van der Waals surface area contributed by atoms with Gasteiger partial charge in [-0.15, -0.1) is 21.5 Å². The number of thiazole rings is 1. The maximum absolute atomic E-state index is 14.8. The third-order valence-corrected chi connectivity index (χ3v) is 5.83. The molecule has 0 bridgehead atoms. The molecule has 11 heteroatoms. The normalized spacial score (nSPS) is 11.0. The number of nitrogens with zero attached hydrogens (tertiary/aromatic N) is 6. The zero-order valence-corrected chi connectivity index (χ0v) is 18.3. The van der Waals surface area contributed by atoms with Crippen molar-refractivity contribution in [2.24, 2.45) is 0 Å². The number of pyridine rings is 1. The van der Waals surface area contributed by atoms with Crippen molar-refractivity contribution in [3.05, 3.63) is 77.1 Å². The van der Waals surface area contributed by atoms with Crippen LogP contribution in [0.5, 0.6) is 11.5 Å². The van der Waals surface area contributed by atoms with Gasteiger partial charge in [0.1, 0.15) is 16.2 Å². The van der Waals surface area contributed by atoms with E-state index >= 15 is 0 Å². The molecular weight excluding hydrogens is 445 g/mol. The molecule has 0 fully saturated rings. The lowest BCUT2D eigenvalue weighted by Gasteiger charge is -2.10. The van der Waals surface area contributed by atoms with E-state index < -0.39 is 5.82 Å². The van der Waals surface area contributed by atoms with Crippen LogP contribution in [0.25, 0.3) is 16.3 Å². The summed E-state index contributed by atoms with van der Waals surface area (Å²) in [6.45, 7) is 3.53. The number of halogens is 1. The monoisotopic (exact) mass is 461 g/mol. The average molecular weight is 461 g/mol. The number of ether oxygens (including phenoxy) is 1. The summed E-state index contributed by atoms with van der Waals surface area (Å²) < 4.78 is 21.9. The Morgan fingerprint density at radius 1 is 1.15 bits per heavy atom. The number of amides is 1. The van der Waals surface area contributed by atoms with Gasteiger partial charge in [-0.1, -0.05) is 6.07 Å². The largest absolute Gasteiger partial charge is 0.450 e. The van der Waals surface area contributed by atoms with Crippen molar-refractivity contribution >= 4 is 28.6 Å². The minimum absolute atomic E-state index is 0.0186. The van der Waals surface area contributed by atoms with Crippen molar-refractivity contribution in [3.63, 3.8) is 0 Å². The van der Waals surface area contributed by atoms with Gasteiger partial charge in [-0.05, 0) is 38.1 Å². The molecule has 5 rings (SSSR count). The van der Waals surface area contributed by atoms with Gasteiger partial charge >= 0.3 is 0 Å². The van der Waals surface area contributed by atoms with Crippen LogP contribution in [0.2, 0.25) is 0 Å². The molecule has 0 aliphatic heterocycles. The number of carbonyl (C=O) groups is 1. The van der Waals surface area contributed by atoms with E-state index in [0.29, 0.717) is 38.4 Å². The molecule has 1 aromatic carbocycles. The van der Waals surface area contributed by atoms with Crippen LogP contribution in [0, 0.1) is 19.7 Å². The number of hydrogen-bond donors (Lipinski definition) is 1. The molecule has 0 radical (unpaired) electrons. The molecule has 0 saturated heterocycles. The lowest BCUT2D eigenvalue weighted by Crippen LogP contribution is -2.11. The first-order chi connectivity index (χ1) is 16.0. The number of nitrogens with one attached hydrogen (secondary N) is 1. The first-order valence-corrected chi connectivity index (χ1v) is 10.6. The third-order valence-electron chi connectivity index (χ3n) is 4.65. The van der Waals surface area contributed by atoms with Crippen molar-refractivity contribution in [1.29, 1.82) is 0 Å². The van der Waals surface area contributed by atoms with Crippen LogP contribution in [0.3, 0.4) is 0 Å². The Balaban J connectivity index is 1.35. The summed E-state index contributed by atoms with van der Waals surface area (Å²) in [5.41, 5.74) is 2.57. The lowest BCUT2D eigenvalue weighted by atomic mass is 10.2. The molecule has 1 N–H and O–H groups in total. The van der Waals surface area contributed by atoms with Crippen LogP contribution >= 0.6 is 11.3 Å². The topological polar surface area (TPSA) is 107 Å². The number of benzene rings is 1. The van der Waals surface area contributed by atoms with E-state index in [1.54, 1.807) is 32.2 Å². The van der Waals surface area contributed by atoms with Crippen LogP contribution < -0.4 is 10.1 Å². The molecule has 1 amide bonds. The van der Waals surface area contributed by atoms with Gasteiger partial charge in [0.15, 0.2) is 17.3 Å². The summed E-state index contributed by atoms with van der Waals surface area (Å²) in [5, 5.41) is 15.3. The molecule has 0 saturated carbocycles. The highest BCUT2D eigenvalue weighted by Gasteiger charge is 2.18. The lowest BCUT2D eigenvalue weighted by molar-refractivity contribution is 0.103. The SMILES string of the molecule is Cc1cc(Oc2ccc(NC(=O)c3sc(-c4ccccn4)nc3C)cc2F)c2nncn2n1. The van der Waals surface area contributed by atoms with Gasteiger partial charge in [-0.25, -0.2) is 9.37 Å². The molecule has 33 heavy (non-hydrogen) atoms. The molecule has 0 spiro atoms. The molecular formula is C22H16FN7O2S. The van der Waals surface area contributed by atoms with E-state index in [9.17, 15) is 9.18 Å². The fraction of sp³-hybridized carbons (Fsp3) is 0.0909. The van der Waals surface area contributed by atoms with E-state index in [1.807, 2.05) is 18.2 Å². The maximum atomic E-state index is 14.8. The van der Waals surface area contributed by atoms with Gasteiger partial charge in [-0.3, -0.25) is 9.78 Å². The zero-order chi connectivity index (χ0) is 22.9. The number of anilines is 1.